The Balaban J connectivity index is 2.49. The number of aromatic nitrogens is 1. The summed E-state index contributed by atoms with van der Waals surface area (Å²) in [6.07, 6.45) is 3.42. The summed E-state index contributed by atoms with van der Waals surface area (Å²) in [7, 11) is 0. The Labute approximate surface area is 90.5 Å². The van der Waals surface area contributed by atoms with Gasteiger partial charge >= 0.3 is 5.97 Å². The second-order valence-electron chi connectivity index (χ2n) is 2.77. The molecule has 0 aliphatic rings. The van der Waals surface area contributed by atoms with Crippen LogP contribution in [0.2, 0.25) is 0 Å². The maximum atomic E-state index is 11.2. The highest BCUT2D eigenvalue weighted by Crippen LogP contribution is 2.14. The van der Waals surface area contributed by atoms with Gasteiger partial charge in [-0.1, -0.05) is 0 Å². The van der Waals surface area contributed by atoms with E-state index in [-0.39, 0.29) is 6.04 Å². The fourth-order valence-electron chi connectivity index (χ4n) is 0.919. The molecule has 15 heavy (non-hydrogen) atoms. The van der Waals surface area contributed by atoms with Gasteiger partial charge in [0.05, 0.1) is 6.04 Å². The van der Waals surface area contributed by atoms with Crippen molar-refractivity contribution >= 4 is 23.2 Å². The number of carboxylic acid groups (broad SMARTS) is 1. The summed E-state index contributed by atoms with van der Waals surface area (Å²) < 4.78 is 0. The fraction of sp³-hybridized carbons (Fsp3) is 0.222. The largest absolute Gasteiger partial charge is 0.478 e. The highest BCUT2D eigenvalue weighted by Gasteiger charge is 2.09. The number of amides is 1. The summed E-state index contributed by atoms with van der Waals surface area (Å²) >= 11 is 1.43. The van der Waals surface area contributed by atoms with Crippen LogP contribution in [0.4, 0.5) is 0 Å². The molecule has 1 amide bonds. The van der Waals surface area contributed by atoms with Crippen molar-refractivity contribution in [3.8, 4) is 0 Å². The highest BCUT2D eigenvalue weighted by atomic mass is 32.1. The standard InChI is InChI=1S/C9H10N2O3S/c1-6(9-10-4-5-15-9)11-7(12)2-3-8(13)14/h2-6H,1H3,(H,11,12)(H,13,14). The van der Waals surface area contributed by atoms with Gasteiger partial charge in [0.1, 0.15) is 5.01 Å². The van der Waals surface area contributed by atoms with Crippen LogP contribution in [0.3, 0.4) is 0 Å². The maximum Gasteiger partial charge on any atom is 0.328 e. The van der Waals surface area contributed by atoms with Crippen LogP contribution in [0.15, 0.2) is 23.7 Å². The molecule has 6 heteroatoms. The molecule has 0 aliphatic carbocycles. The minimum Gasteiger partial charge on any atom is -0.478 e. The first-order valence-electron chi connectivity index (χ1n) is 4.20. The Kier molecular flexibility index (Phi) is 3.99. The summed E-state index contributed by atoms with van der Waals surface area (Å²) in [5.41, 5.74) is 0. The molecule has 5 nitrogen and oxygen atoms in total. The molecule has 0 saturated carbocycles. The minimum absolute atomic E-state index is 0.212. The first-order chi connectivity index (χ1) is 7.09. The predicted octanol–water partition coefficient (Wildman–Crippen LogP) is 0.961. The number of aliphatic carboxylic acids is 1. The van der Waals surface area contributed by atoms with E-state index in [2.05, 4.69) is 10.3 Å². The molecule has 0 aromatic carbocycles. The monoisotopic (exact) mass is 226 g/mol. The smallest absolute Gasteiger partial charge is 0.328 e. The Morgan fingerprint density at radius 2 is 2.33 bits per heavy atom. The van der Waals surface area contributed by atoms with E-state index in [4.69, 9.17) is 5.11 Å². The average Bonchev–Trinajstić information content (AvgIpc) is 2.67. The van der Waals surface area contributed by atoms with Gasteiger partial charge in [-0.25, -0.2) is 9.78 Å². The number of nitrogens with one attached hydrogen (secondary N) is 1. The summed E-state index contributed by atoms with van der Waals surface area (Å²) in [5, 5.41) is 13.5. The van der Waals surface area contributed by atoms with Crippen molar-refractivity contribution in [2.24, 2.45) is 0 Å². The van der Waals surface area contributed by atoms with Crippen molar-refractivity contribution in [1.29, 1.82) is 0 Å². The number of thiazole rings is 1. The van der Waals surface area contributed by atoms with Crippen molar-refractivity contribution in [1.82, 2.24) is 10.3 Å². The number of nitrogens with zero attached hydrogens (tertiary/aromatic N) is 1. The van der Waals surface area contributed by atoms with E-state index in [0.717, 1.165) is 17.2 Å². The normalized spacial score (nSPS) is 12.6. The molecule has 1 heterocycles. The van der Waals surface area contributed by atoms with Crippen LogP contribution >= 0.6 is 11.3 Å². The van der Waals surface area contributed by atoms with Crippen molar-refractivity contribution < 1.29 is 14.7 Å². The van der Waals surface area contributed by atoms with Crippen molar-refractivity contribution in [3.63, 3.8) is 0 Å². The number of hydrogen-bond donors (Lipinski definition) is 2. The van der Waals surface area contributed by atoms with Gasteiger partial charge in [0.25, 0.3) is 0 Å². The first kappa shape index (κ1) is 11.4. The van der Waals surface area contributed by atoms with Crippen molar-refractivity contribution in [2.45, 2.75) is 13.0 Å². The lowest BCUT2D eigenvalue weighted by Crippen LogP contribution is -2.24. The van der Waals surface area contributed by atoms with Gasteiger partial charge in [-0.05, 0) is 6.92 Å². The average molecular weight is 226 g/mol. The number of hydrogen-bond acceptors (Lipinski definition) is 4. The topological polar surface area (TPSA) is 79.3 Å². The zero-order valence-electron chi connectivity index (χ0n) is 8.01. The summed E-state index contributed by atoms with van der Waals surface area (Å²) in [5.74, 6) is -1.59. The van der Waals surface area contributed by atoms with Gasteiger partial charge in [0, 0.05) is 23.7 Å². The lowest BCUT2D eigenvalue weighted by Gasteiger charge is -2.08. The van der Waals surface area contributed by atoms with Crippen LogP contribution < -0.4 is 5.32 Å². The highest BCUT2D eigenvalue weighted by molar-refractivity contribution is 7.09. The molecule has 1 unspecified atom stereocenters. The van der Waals surface area contributed by atoms with E-state index in [0.29, 0.717) is 0 Å². The second-order valence-corrected chi connectivity index (χ2v) is 3.70. The number of rotatable bonds is 4. The molecular formula is C9H10N2O3S. The molecule has 0 spiro atoms. The maximum absolute atomic E-state index is 11.2. The third kappa shape index (κ3) is 3.90. The van der Waals surface area contributed by atoms with Crippen molar-refractivity contribution in [2.75, 3.05) is 0 Å². The van der Waals surface area contributed by atoms with Gasteiger partial charge in [-0.3, -0.25) is 4.79 Å². The van der Waals surface area contributed by atoms with Crippen molar-refractivity contribution in [3.05, 3.63) is 28.7 Å². The van der Waals surface area contributed by atoms with E-state index in [9.17, 15) is 9.59 Å². The zero-order valence-corrected chi connectivity index (χ0v) is 8.82. The number of carbonyl (C=O) groups is 2. The Morgan fingerprint density at radius 1 is 1.60 bits per heavy atom. The van der Waals surface area contributed by atoms with Gasteiger partial charge in [0.15, 0.2) is 0 Å². The van der Waals surface area contributed by atoms with E-state index < -0.39 is 11.9 Å². The number of carboxylic acids is 1. The third-order valence-corrected chi connectivity index (χ3v) is 2.52. The van der Waals surface area contributed by atoms with Crippen LogP contribution in [0.5, 0.6) is 0 Å². The zero-order chi connectivity index (χ0) is 11.3. The summed E-state index contributed by atoms with van der Waals surface area (Å²) in [6, 6.07) is -0.212. The summed E-state index contributed by atoms with van der Waals surface area (Å²) in [6.45, 7) is 1.78. The van der Waals surface area contributed by atoms with Gasteiger partial charge in [-0.2, -0.15) is 0 Å². The Hall–Kier alpha value is -1.69. The minimum atomic E-state index is -1.15. The predicted molar refractivity (Wildman–Crippen MR) is 55.4 cm³/mol. The molecule has 80 valence electrons. The van der Waals surface area contributed by atoms with E-state index >= 15 is 0 Å². The Morgan fingerprint density at radius 3 is 2.87 bits per heavy atom. The van der Waals surface area contributed by atoms with Crippen LogP contribution in [-0.2, 0) is 9.59 Å². The molecule has 2 N–H and O–H groups in total. The molecule has 0 saturated heterocycles. The lowest BCUT2D eigenvalue weighted by atomic mass is 10.3. The molecule has 0 fully saturated rings. The SMILES string of the molecule is CC(NC(=O)C=CC(=O)O)c1nccs1. The Bertz CT molecular complexity index is 373. The lowest BCUT2D eigenvalue weighted by molar-refractivity contribution is -0.131. The van der Waals surface area contributed by atoms with Gasteiger partial charge < -0.3 is 10.4 Å². The molecule has 1 rings (SSSR count). The van der Waals surface area contributed by atoms with Gasteiger partial charge in [-0.15, -0.1) is 11.3 Å². The van der Waals surface area contributed by atoms with Crippen LogP contribution in [0.1, 0.15) is 18.0 Å². The van der Waals surface area contributed by atoms with E-state index in [1.165, 1.54) is 11.3 Å². The van der Waals surface area contributed by atoms with E-state index in [1.54, 1.807) is 13.1 Å². The molecule has 1 atom stereocenters. The molecule has 1 aromatic heterocycles. The second kappa shape index (κ2) is 5.26. The van der Waals surface area contributed by atoms with E-state index in [1.807, 2.05) is 5.38 Å². The fourth-order valence-corrected chi connectivity index (χ4v) is 1.56. The first-order valence-corrected chi connectivity index (χ1v) is 5.08. The molecule has 1 aromatic rings. The molecule has 0 bridgehead atoms. The van der Waals surface area contributed by atoms with Gasteiger partial charge in [0.2, 0.25) is 5.91 Å². The molecule has 0 aliphatic heterocycles. The molecular weight excluding hydrogens is 216 g/mol. The van der Waals surface area contributed by atoms with Crippen LogP contribution in [0.25, 0.3) is 0 Å². The summed E-state index contributed by atoms with van der Waals surface area (Å²) in [4.78, 5) is 25.3. The van der Waals surface area contributed by atoms with Crippen LogP contribution in [0, 0.1) is 0 Å². The number of carbonyl (C=O) groups excluding carboxylic acids is 1. The quantitative estimate of drug-likeness (QED) is 0.749. The van der Waals surface area contributed by atoms with Crippen LogP contribution in [-0.4, -0.2) is 22.0 Å². The molecule has 0 radical (unpaired) electrons. The third-order valence-electron chi connectivity index (χ3n) is 1.56.